The largest absolute Gasteiger partial charge is 0.380 e. The molecule has 2 aliphatic rings. The number of nitrogens with zero attached hydrogens (tertiary/aromatic N) is 1. The normalized spacial score (nSPS) is 24.2. The lowest BCUT2D eigenvalue weighted by atomic mass is 10.1. The first-order valence-corrected chi connectivity index (χ1v) is 7.11. The molecule has 0 radical (unpaired) electrons. The highest BCUT2D eigenvalue weighted by Crippen LogP contribution is 2.24. The predicted octanol–water partition coefficient (Wildman–Crippen LogP) is 2.88. The molecule has 0 spiro atoms. The molecule has 1 aromatic rings. The monoisotopic (exact) mass is 246 g/mol. The van der Waals surface area contributed by atoms with Gasteiger partial charge in [0.2, 0.25) is 0 Å². The number of hydrogen-bond acceptors (Lipinski definition) is 3. The smallest absolute Gasteiger partial charge is 0.0667 e. The van der Waals surface area contributed by atoms with E-state index in [4.69, 9.17) is 4.74 Å². The van der Waals surface area contributed by atoms with Gasteiger partial charge >= 0.3 is 0 Å². The molecule has 1 N–H and O–H groups in total. The fourth-order valence-corrected chi connectivity index (χ4v) is 2.86. The molecule has 0 aliphatic carbocycles. The van der Waals surface area contributed by atoms with Crippen LogP contribution >= 0.6 is 0 Å². The first kappa shape index (κ1) is 11.8. The molecule has 98 valence electrons. The third kappa shape index (κ3) is 2.78. The lowest BCUT2D eigenvalue weighted by Gasteiger charge is -2.25. The third-order valence-electron chi connectivity index (χ3n) is 3.85. The molecule has 1 atom stereocenters. The van der Waals surface area contributed by atoms with Gasteiger partial charge in [0.1, 0.15) is 0 Å². The van der Waals surface area contributed by atoms with Crippen molar-refractivity contribution in [3.63, 3.8) is 0 Å². The molecule has 0 aromatic heterocycles. The fourth-order valence-electron chi connectivity index (χ4n) is 2.86. The Morgan fingerprint density at radius 3 is 2.83 bits per heavy atom. The standard InChI is InChI=1S/C15H22N2O/c1-2-9-17(8-1)15-7-3-5-13(11-15)16-14-6-4-10-18-12-14/h3,5,7,11,14,16H,1-2,4,6,8-10,12H2. The highest BCUT2D eigenvalue weighted by Gasteiger charge is 2.15. The first-order chi connectivity index (χ1) is 8.92. The summed E-state index contributed by atoms with van der Waals surface area (Å²) < 4.78 is 5.51. The van der Waals surface area contributed by atoms with Crippen molar-refractivity contribution in [3.8, 4) is 0 Å². The van der Waals surface area contributed by atoms with Crippen LogP contribution in [-0.2, 0) is 4.74 Å². The highest BCUT2D eigenvalue weighted by molar-refractivity contribution is 5.58. The van der Waals surface area contributed by atoms with E-state index in [1.807, 2.05) is 0 Å². The zero-order valence-corrected chi connectivity index (χ0v) is 10.9. The Labute approximate surface area is 109 Å². The van der Waals surface area contributed by atoms with Gasteiger partial charge in [-0.1, -0.05) is 6.07 Å². The summed E-state index contributed by atoms with van der Waals surface area (Å²) >= 11 is 0. The summed E-state index contributed by atoms with van der Waals surface area (Å²) in [6.07, 6.45) is 5.04. The van der Waals surface area contributed by atoms with E-state index in [-0.39, 0.29) is 0 Å². The summed E-state index contributed by atoms with van der Waals surface area (Å²) in [6, 6.07) is 9.29. The molecule has 2 saturated heterocycles. The number of ether oxygens (including phenoxy) is 1. The van der Waals surface area contributed by atoms with Gasteiger partial charge in [0, 0.05) is 37.1 Å². The van der Waals surface area contributed by atoms with Crippen LogP contribution in [0.5, 0.6) is 0 Å². The van der Waals surface area contributed by atoms with E-state index < -0.39 is 0 Å². The molecule has 0 amide bonds. The maximum atomic E-state index is 5.51. The van der Waals surface area contributed by atoms with Crippen LogP contribution in [0.25, 0.3) is 0 Å². The number of nitrogens with one attached hydrogen (secondary N) is 1. The summed E-state index contributed by atoms with van der Waals surface area (Å²) in [7, 11) is 0. The molecule has 1 aromatic carbocycles. The van der Waals surface area contributed by atoms with Gasteiger partial charge < -0.3 is 15.0 Å². The van der Waals surface area contributed by atoms with E-state index in [1.165, 1.54) is 50.1 Å². The number of hydrogen-bond donors (Lipinski definition) is 1. The van der Waals surface area contributed by atoms with Crippen molar-refractivity contribution < 1.29 is 4.74 Å². The SMILES string of the molecule is c1cc(NC2CCCOC2)cc(N2CCCC2)c1. The van der Waals surface area contributed by atoms with Gasteiger partial charge in [-0.15, -0.1) is 0 Å². The number of anilines is 2. The summed E-state index contributed by atoms with van der Waals surface area (Å²) in [6.45, 7) is 4.17. The average molecular weight is 246 g/mol. The first-order valence-electron chi connectivity index (χ1n) is 7.11. The quantitative estimate of drug-likeness (QED) is 0.887. The summed E-state index contributed by atoms with van der Waals surface area (Å²) in [4.78, 5) is 2.47. The van der Waals surface area contributed by atoms with Gasteiger partial charge in [-0.25, -0.2) is 0 Å². The van der Waals surface area contributed by atoms with E-state index in [9.17, 15) is 0 Å². The van der Waals surface area contributed by atoms with Crippen molar-refractivity contribution in [1.29, 1.82) is 0 Å². The molecule has 3 nitrogen and oxygen atoms in total. The molecule has 0 bridgehead atoms. The molecule has 3 heteroatoms. The highest BCUT2D eigenvalue weighted by atomic mass is 16.5. The minimum absolute atomic E-state index is 0.479. The molecule has 2 aliphatic heterocycles. The lowest BCUT2D eigenvalue weighted by Crippen LogP contribution is -2.30. The van der Waals surface area contributed by atoms with Crippen molar-refractivity contribution in [3.05, 3.63) is 24.3 Å². The molecule has 2 fully saturated rings. The van der Waals surface area contributed by atoms with Crippen molar-refractivity contribution in [1.82, 2.24) is 0 Å². The van der Waals surface area contributed by atoms with Crippen LogP contribution < -0.4 is 10.2 Å². The third-order valence-corrected chi connectivity index (χ3v) is 3.85. The van der Waals surface area contributed by atoms with Crippen molar-refractivity contribution >= 4 is 11.4 Å². The van der Waals surface area contributed by atoms with Crippen LogP contribution in [0.3, 0.4) is 0 Å². The van der Waals surface area contributed by atoms with Crippen LogP contribution in [0.2, 0.25) is 0 Å². The molecular weight excluding hydrogens is 224 g/mol. The Balaban J connectivity index is 1.66. The van der Waals surface area contributed by atoms with Crippen LogP contribution in [0.4, 0.5) is 11.4 Å². The summed E-state index contributed by atoms with van der Waals surface area (Å²) in [5.41, 5.74) is 2.59. The maximum Gasteiger partial charge on any atom is 0.0667 e. The number of benzene rings is 1. The minimum atomic E-state index is 0.479. The zero-order valence-electron chi connectivity index (χ0n) is 10.9. The number of rotatable bonds is 3. The Hall–Kier alpha value is -1.22. The molecular formula is C15H22N2O. The summed E-state index contributed by atoms with van der Waals surface area (Å²) in [5.74, 6) is 0. The van der Waals surface area contributed by atoms with Crippen LogP contribution in [0, 0.1) is 0 Å². The van der Waals surface area contributed by atoms with Gasteiger partial charge in [0.05, 0.1) is 6.61 Å². The Morgan fingerprint density at radius 2 is 2.06 bits per heavy atom. The van der Waals surface area contributed by atoms with E-state index in [2.05, 4.69) is 34.5 Å². The second-order valence-electron chi connectivity index (χ2n) is 5.30. The van der Waals surface area contributed by atoms with Crippen molar-refractivity contribution in [2.24, 2.45) is 0 Å². The van der Waals surface area contributed by atoms with Crippen molar-refractivity contribution in [2.45, 2.75) is 31.7 Å². The zero-order chi connectivity index (χ0) is 12.2. The van der Waals surface area contributed by atoms with Crippen molar-refractivity contribution in [2.75, 3.05) is 36.5 Å². The second-order valence-corrected chi connectivity index (χ2v) is 5.30. The van der Waals surface area contributed by atoms with E-state index in [0.717, 1.165) is 13.2 Å². The van der Waals surface area contributed by atoms with Crippen LogP contribution in [0.15, 0.2) is 24.3 Å². The molecule has 3 rings (SSSR count). The van der Waals surface area contributed by atoms with E-state index in [0.29, 0.717) is 6.04 Å². The lowest BCUT2D eigenvalue weighted by molar-refractivity contribution is 0.0876. The van der Waals surface area contributed by atoms with Gasteiger partial charge in [0.15, 0.2) is 0 Å². The summed E-state index contributed by atoms with van der Waals surface area (Å²) in [5, 5.41) is 3.59. The predicted molar refractivity (Wildman–Crippen MR) is 75.4 cm³/mol. The van der Waals surface area contributed by atoms with Gasteiger partial charge in [0.25, 0.3) is 0 Å². The molecule has 0 saturated carbocycles. The topological polar surface area (TPSA) is 24.5 Å². The van der Waals surface area contributed by atoms with Crippen LogP contribution in [0.1, 0.15) is 25.7 Å². The van der Waals surface area contributed by atoms with E-state index in [1.54, 1.807) is 0 Å². The maximum absolute atomic E-state index is 5.51. The Kier molecular flexibility index (Phi) is 3.69. The minimum Gasteiger partial charge on any atom is -0.380 e. The van der Waals surface area contributed by atoms with Gasteiger partial charge in [-0.2, -0.15) is 0 Å². The van der Waals surface area contributed by atoms with Crippen LogP contribution in [-0.4, -0.2) is 32.3 Å². The van der Waals surface area contributed by atoms with E-state index >= 15 is 0 Å². The van der Waals surface area contributed by atoms with Gasteiger partial charge in [-0.3, -0.25) is 0 Å². The second kappa shape index (κ2) is 5.61. The van der Waals surface area contributed by atoms with Gasteiger partial charge in [-0.05, 0) is 43.9 Å². The molecule has 2 heterocycles. The Bertz CT molecular complexity index is 382. The molecule has 1 unspecified atom stereocenters. The molecule has 18 heavy (non-hydrogen) atoms. The Morgan fingerprint density at radius 1 is 1.17 bits per heavy atom. The fraction of sp³-hybridized carbons (Fsp3) is 0.600. The average Bonchev–Trinajstić information content (AvgIpc) is 2.94.